The lowest BCUT2D eigenvalue weighted by Gasteiger charge is -2.09. The lowest BCUT2D eigenvalue weighted by Crippen LogP contribution is -2.00. The number of rotatable bonds is 5. The molecule has 4 aromatic rings. The number of carbonyl (C=O) groups is 1. The maximum atomic E-state index is 11.2. The molecule has 6 nitrogen and oxygen atoms in total. The maximum absolute atomic E-state index is 11.2. The van der Waals surface area contributed by atoms with Crippen LogP contribution in [0, 0.1) is 0 Å². The van der Waals surface area contributed by atoms with Crippen LogP contribution in [0.15, 0.2) is 54.9 Å². The second-order valence-electron chi connectivity index (χ2n) is 5.93. The van der Waals surface area contributed by atoms with Gasteiger partial charge in [0.05, 0.1) is 10.9 Å². The molecule has 4 rings (SSSR count). The fourth-order valence-corrected chi connectivity index (χ4v) is 3.70. The highest BCUT2D eigenvalue weighted by Gasteiger charge is 2.14. The summed E-state index contributed by atoms with van der Waals surface area (Å²) in [6.45, 7) is 2.10. The molecule has 2 N–H and O–H groups in total. The third kappa shape index (κ3) is 3.50. The number of carboxylic acids is 1. The van der Waals surface area contributed by atoms with E-state index in [1.165, 1.54) is 4.88 Å². The summed E-state index contributed by atoms with van der Waals surface area (Å²) in [6, 6.07) is 12.5. The SMILES string of the molecule is CCc1cc2c(Nc3cccc(C(=O)O)c3)nc(-c3cccnc3)nc2s1. The highest BCUT2D eigenvalue weighted by molar-refractivity contribution is 7.18. The van der Waals surface area contributed by atoms with E-state index in [1.54, 1.807) is 41.9 Å². The van der Waals surface area contributed by atoms with Crippen molar-refractivity contribution < 1.29 is 9.90 Å². The zero-order chi connectivity index (χ0) is 18.8. The van der Waals surface area contributed by atoms with Gasteiger partial charge >= 0.3 is 5.97 Å². The van der Waals surface area contributed by atoms with Crippen molar-refractivity contribution in [2.45, 2.75) is 13.3 Å². The summed E-state index contributed by atoms with van der Waals surface area (Å²) in [5.74, 6) is 0.265. The average molecular weight is 376 g/mol. The van der Waals surface area contributed by atoms with Gasteiger partial charge in [-0.1, -0.05) is 13.0 Å². The van der Waals surface area contributed by atoms with E-state index in [4.69, 9.17) is 4.98 Å². The molecule has 0 aliphatic heterocycles. The van der Waals surface area contributed by atoms with E-state index in [9.17, 15) is 9.90 Å². The van der Waals surface area contributed by atoms with Crippen LogP contribution in [0.5, 0.6) is 0 Å². The minimum Gasteiger partial charge on any atom is -0.478 e. The Morgan fingerprint density at radius 2 is 2.07 bits per heavy atom. The molecule has 0 unspecified atom stereocenters. The van der Waals surface area contributed by atoms with Crippen LogP contribution in [-0.2, 0) is 6.42 Å². The molecule has 7 heteroatoms. The number of aromatic carboxylic acids is 1. The number of benzene rings is 1. The van der Waals surface area contributed by atoms with Crippen LogP contribution in [0.3, 0.4) is 0 Å². The fourth-order valence-electron chi connectivity index (χ4n) is 2.73. The highest BCUT2D eigenvalue weighted by atomic mass is 32.1. The van der Waals surface area contributed by atoms with Crippen LogP contribution >= 0.6 is 11.3 Å². The Labute approximate surface area is 159 Å². The minimum atomic E-state index is -0.966. The van der Waals surface area contributed by atoms with Crippen LogP contribution in [0.2, 0.25) is 0 Å². The van der Waals surface area contributed by atoms with Gasteiger partial charge in [-0.3, -0.25) is 4.98 Å². The Morgan fingerprint density at radius 1 is 1.19 bits per heavy atom. The van der Waals surface area contributed by atoms with Crippen LogP contribution in [0.25, 0.3) is 21.6 Å². The Balaban J connectivity index is 1.84. The molecule has 0 spiro atoms. The Hall–Kier alpha value is -3.32. The largest absolute Gasteiger partial charge is 0.478 e. The van der Waals surface area contributed by atoms with Gasteiger partial charge < -0.3 is 10.4 Å². The average Bonchev–Trinajstić information content (AvgIpc) is 3.12. The van der Waals surface area contributed by atoms with Crippen molar-refractivity contribution in [3.63, 3.8) is 0 Å². The number of aromatic nitrogens is 3. The number of hydrogen-bond acceptors (Lipinski definition) is 6. The predicted octanol–water partition coefficient (Wildman–Crippen LogP) is 4.76. The molecule has 3 aromatic heterocycles. The zero-order valence-electron chi connectivity index (χ0n) is 14.5. The summed E-state index contributed by atoms with van der Waals surface area (Å²) in [7, 11) is 0. The van der Waals surface area contributed by atoms with E-state index in [2.05, 4.69) is 28.3 Å². The smallest absolute Gasteiger partial charge is 0.335 e. The molecule has 0 bridgehead atoms. The molecule has 0 saturated carbocycles. The number of nitrogens with zero attached hydrogens (tertiary/aromatic N) is 3. The molecule has 27 heavy (non-hydrogen) atoms. The van der Waals surface area contributed by atoms with Gasteiger partial charge in [0.1, 0.15) is 10.6 Å². The first-order valence-corrected chi connectivity index (χ1v) is 9.27. The maximum Gasteiger partial charge on any atom is 0.335 e. The quantitative estimate of drug-likeness (QED) is 0.522. The van der Waals surface area contributed by atoms with Gasteiger partial charge in [0.25, 0.3) is 0 Å². The molecule has 0 radical (unpaired) electrons. The van der Waals surface area contributed by atoms with Gasteiger partial charge in [-0.2, -0.15) is 0 Å². The Kier molecular flexibility index (Phi) is 4.52. The molecule has 0 saturated heterocycles. The number of anilines is 2. The molecule has 0 aliphatic carbocycles. The van der Waals surface area contributed by atoms with E-state index in [0.29, 0.717) is 17.3 Å². The van der Waals surface area contributed by atoms with Gasteiger partial charge in [-0.05, 0) is 42.8 Å². The van der Waals surface area contributed by atoms with Crippen LogP contribution in [0.4, 0.5) is 11.5 Å². The topological polar surface area (TPSA) is 88.0 Å². The molecule has 1 aromatic carbocycles. The van der Waals surface area contributed by atoms with Gasteiger partial charge in [0.15, 0.2) is 5.82 Å². The first-order chi connectivity index (χ1) is 13.1. The van der Waals surface area contributed by atoms with E-state index in [0.717, 1.165) is 22.2 Å². The summed E-state index contributed by atoms with van der Waals surface area (Å²) < 4.78 is 0. The van der Waals surface area contributed by atoms with Crippen LogP contribution in [0.1, 0.15) is 22.2 Å². The lowest BCUT2D eigenvalue weighted by atomic mass is 10.2. The number of thiophene rings is 1. The van der Waals surface area contributed by atoms with Crippen molar-refractivity contribution in [2.24, 2.45) is 0 Å². The van der Waals surface area contributed by atoms with E-state index >= 15 is 0 Å². The van der Waals surface area contributed by atoms with Crippen molar-refractivity contribution >= 4 is 39.0 Å². The van der Waals surface area contributed by atoms with Crippen molar-refractivity contribution in [1.82, 2.24) is 15.0 Å². The lowest BCUT2D eigenvalue weighted by molar-refractivity contribution is 0.0697. The number of fused-ring (bicyclic) bond motifs is 1. The van der Waals surface area contributed by atoms with Gasteiger partial charge in [0.2, 0.25) is 0 Å². The minimum absolute atomic E-state index is 0.220. The summed E-state index contributed by atoms with van der Waals surface area (Å²) in [5.41, 5.74) is 1.71. The number of aryl methyl sites for hydroxylation is 1. The molecule has 0 fully saturated rings. The summed E-state index contributed by atoms with van der Waals surface area (Å²) in [4.78, 5) is 26.9. The van der Waals surface area contributed by atoms with E-state index in [-0.39, 0.29) is 5.56 Å². The number of carboxylic acid groups (broad SMARTS) is 1. The molecule has 0 aliphatic rings. The molecular formula is C20H16N4O2S. The molecule has 0 atom stereocenters. The van der Waals surface area contributed by atoms with Crippen molar-refractivity contribution in [3.05, 3.63) is 65.3 Å². The second-order valence-corrected chi connectivity index (χ2v) is 7.05. The van der Waals surface area contributed by atoms with Gasteiger partial charge in [0, 0.05) is 28.5 Å². The van der Waals surface area contributed by atoms with Crippen molar-refractivity contribution in [2.75, 3.05) is 5.32 Å². The normalized spacial score (nSPS) is 10.9. The van der Waals surface area contributed by atoms with Gasteiger partial charge in [-0.15, -0.1) is 11.3 Å². The first kappa shape index (κ1) is 17.1. The fraction of sp³-hybridized carbons (Fsp3) is 0.100. The summed E-state index contributed by atoms with van der Waals surface area (Å²) in [6.07, 6.45) is 4.35. The monoisotopic (exact) mass is 376 g/mol. The van der Waals surface area contributed by atoms with Crippen LogP contribution < -0.4 is 5.32 Å². The first-order valence-electron chi connectivity index (χ1n) is 8.45. The highest BCUT2D eigenvalue weighted by Crippen LogP contribution is 2.33. The third-order valence-corrected chi connectivity index (χ3v) is 5.26. The second kappa shape index (κ2) is 7.13. The summed E-state index contributed by atoms with van der Waals surface area (Å²) in [5, 5.41) is 13.4. The molecule has 134 valence electrons. The van der Waals surface area contributed by atoms with Gasteiger partial charge in [-0.25, -0.2) is 14.8 Å². The predicted molar refractivity (Wildman–Crippen MR) is 107 cm³/mol. The van der Waals surface area contributed by atoms with Crippen LogP contribution in [-0.4, -0.2) is 26.0 Å². The molecule has 3 heterocycles. The van der Waals surface area contributed by atoms with E-state index in [1.807, 2.05) is 18.2 Å². The van der Waals surface area contributed by atoms with Crippen molar-refractivity contribution in [3.8, 4) is 11.4 Å². The van der Waals surface area contributed by atoms with E-state index < -0.39 is 5.97 Å². The number of nitrogens with one attached hydrogen (secondary N) is 1. The summed E-state index contributed by atoms with van der Waals surface area (Å²) >= 11 is 1.63. The Morgan fingerprint density at radius 3 is 2.81 bits per heavy atom. The van der Waals surface area contributed by atoms with Crippen molar-refractivity contribution in [1.29, 1.82) is 0 Å². The molecular weight excluding hydrogens is 360 g/mol. The zero-order valence-corrected chi connectivity index (χ0v) is 15.3. The molecule has 0 amide bonds. The standard InChI is InChI=1S/C20H16N4O2S/c1-2-15-10-16-18(22-14-7-3-5-12(9-14)20(25)26)23-17(24-19(16)27-15)13-6-4-8-21-11-13/h3-11H,2H2,1H3,(H,25,26)(H,22,23,24). The Bertz CT molecular complexity index is 1130. The number of pyridine rings is 1. The third-order valence-electron chi connectivity index (χ3n) is 4.08. The number of hydrogen-bond donors (Lipinski definition) is 2.